The molecule has 0 heterocycles. The van der Waals surface area contributed by atoms with E-state index in [0.29, 0.717) is 11.5 Å². The van der Waals surface area contributed by atoms with E-state index in [1.54, 1.807) is 0 Å². The minimum Gasteiger partial charge on any atom is -0.395 e. The predicted octanol–water partition coefficient (Wildman–Crippen LogP) is 9.15. The van der Waals surface area contributed by atoms with Gasteiger partial charge in [0.1, 0.15) is 11.5 Å². The van der Waals surface area contributed by atoms with Gasteiger partial charge in [-0.15, -0.1) is 0 Å². The summed E-state index contributed by atoms with van der Waals surface area (Å²) in [5.74, 6) is 0.941. The van der Waals surface area contributed by atoms with Crippen LogP contribution in [0.3, 0.4) is 0 Å². The number of benzene rings is 4. The molecule has 0 atom stereocenters. The molecule has 4 aromatic rings. The van der Waals surface area contributed by atoms with E-state index in [1.807, 2.05) is 43.3 Å². The maximum Gasteiger partial charge on any atom is 0.519 e. The standard InChI is InChI=1S/C35H38O3/c1-23-10-9-11-28(20-23)35(7,8)30-16-19-32(26(4)22-30)38-33(36)37-31-17-14-27(15-18-31)34(5,6)29-13-12-24(2)25(3)21-29/h9-22H,1-8H3. The van der Waals surface area contributed by atoms with Crippen LogP contribution in [0, 0.1) is 27.7 Å². The zero-order valence-electron chi connectivity index (χ0n) is 23.8. The molecule has 0 radical (unpaired) electrons. The quantitative estimate of drug-likeness (QED) is 0.193. The molecule has 0 bridgehead atoms. The van der Waals surface area contributed by atoms with Crippen LogP contribution in [0.1, 0.15) is 72.2 Å². The molecule has 196 valence electrons. The van der Waals surface area contributed by atoms with Gasteiger partial charge in [-0.3, -0.25) is 0 Å². The summed E-state index contributed by atoms with van der Waals surface area (Å²) < 4.78 is 11.1. The molecule has 38 heavy (non-hydrogen) atoms. The Morgan fingerprint density at radius 3 is 1.71 bits per heavy atom. The molecule has 0 fully saturated rings. The fourth-order valence-electron chi connectivity index (χ4n) is 4.80. The molecule has 0 unspecified atom stereocenters. The Kier molecular flexibility index (Phi) is 7.51. The summed E-state index contributed by atoms with van der Waals surface area (Å²) in [7, 11) is 0. The molecule has 0 saturated carbocycles. The zero-order chi connectivity index (χ0) is 27.7. The molecule has 0 aliphatic rings. The summed E-state index contributed by atoms with van der Waals surface area (Å²) in [5, 5.41) is 0. The highest BCUT2D eigenvalue weighted by Crippen LogP contribution is 2.35. The molecule has 0 aliphatic heterocycles. The first-order valence-corrected chi connectivity index (χ1v) is 13.1. The lowest BCUT2D eigenvalue weighted by Crippen LogP contribution is -2.20. The van der Waals surface area contributed by atoms with E-state index in [4.69, 9.17) is 9.47 Å². The van der Waals surface area contributed by atoms with Gasteiger partial charge >= 0.3 is 6.16 Å². The van der Waals surface area contributed by atoms with Gasteiger partial charge in [-0.1, -0.05) is 100.0 Å². The van der Waals surface area contributed by atoms with Gasteiger partial charge in [0.25, 0.3) is 0 Å². The van der Waals surface area contributed by atoms with Crippen LogP contribution in [0.4, 0.5) is 4.79 Å². The Balaban J connectivity index is 1.44. The fourth-order valence-corrected chi connectivity index (χ4v) is 4.80. The van der Waals surface area contributed by atoms with E-state index in [-0.39, 0.29) is 10.8 Å². The molecule has 0 N–H and O–H groups in total. The molecular weight excluding hydrogens is 468 g/mol. The van der Waals surface area contributed by atoms with Gasteiger partial charge in [0.15, 0.2) is 0 Å². The highest BCUT2D eigenvalue weighted by atomic mass is 16.7. The van der Waals surface area contributed by atoms with Crippen LogP contribution in [-0.4, -0.2) is 6.16 Å². The molecule has 3 heteroatoms. The summed E-state index contributed by atoms with van der Waals surface area (Å²) in [6.07, 6.45) is -0.750. The van der Waals surface area contributed by atoms with Crippen LogP contribution in [-0.2, 0) is 10.8 Å². The third-order valence-corrected chi connectivity index (χ3v) is 7.84. The summed E-state index contributed by atoms with van der Waals surface area (Å²) in [6.45, 7) is 17.1. The summed E-state index contributed by atoms with van der Waals surface area (Å²) >= 11 is 0. The fraction of sp³-hybridized carbons (Fsp3) is 0.286. The van der Waals surface area contributed by atoms with E-state index >= 15 is 0 Å². The number of carbonyl (C=O) groups is 1. The Hall–Kier alpha value is -3.85. The van der Waals surface area contributed by atoms with E-state index in [0.717, 1.165) is 16.7 Å². The highest BCUT2D eigenvalue weighted by molar-refractivity contribution is 5.68. The van der Waals surface area contributed by atoms with Crippen molar-refractivity contribution < 1.29 is 14.3 Å². The molecule has 0 amide bonds. The van der Waals surface area contributed by atoms with Crippen molar-refractivity contribution in [3.63, 3.8) is 0 Å². The lowest BCUT2D eigenvalue weighted by Gasteiger charge is -2.27. The molecule has 4 rings (SSSR count). The first kappa shape index (κ1) is 27.2. The third kappa shape index (κ3) is 5.67. The van der Waals surface area contributed by atoms with Crippen LogP contribution in [0.25, 0.3) is 0 Å². The Morgan fingerprint density at radius 1 is 0.553 bits per heavy atom. The highest BCUT2D eigenvalue weighted by Gasteiger charge is 2.25. The molecule has 0 saturated heterocycles. The van der Waals surface area contributed by atoms with Gasteiger partial charge in [0.05, 0.1) is 0 Å². The lowest BCUT2D eigenvalue weighted by molar-refractivity contribution is 0.151. The minimum atomic E-state index is -0.750. The van der Waals surface area contributed by atoms with E-state index in [2.05, 4.69) is 97.0 Å². The van der Waals surface area contributed by atoms with Gasteiger partial charge in [-0.2, -0.15) is 0 Å². The van der Waals surface area contributed by atoms with Gasteiger partial charge in [-0.05, 0) is 84.8 Å². The SMILES string of the molecule is Cc1cccc(C(C)(C)c2ccc(OC(=O)Oc3ccc(C(C)(C)c4ccc(C)c(C)c4)cc3)c(C)c2)c1. The second kappa shape index (κ2) is 10.5. The van der Waals surface area contributed by atoms with Crippen LogP contribution in [0.15, 0.2) is 84.9 Å². The van der Waals surface area contributed by atoms with Gasteiger partial charge in [-0.25, -0.2) is 4.79 Å². The van der Waals surface area contributed by atoms with Crippen LogP contribution < -0.4 is 9.47 Å². The molecule has 0 aromatic heterocycles. The van der Waals surface area contributed by atoms with Crippen molar-refractivity contribution in [3.05, 3.63) is 129 Å². The first-order chi connectivity index (χ1) is 17.9. The topological polar surface area (TPSA) is 35.5 Å². The maximum absolute atomic E-state index is 12.6. The minimum absolute atomic E-state index is 0.178. The monoisotopic (exact) mass is 506 g/mol. The van der Waals surface area contributed by atoms with Crippen molar-refractivity contribution in [3.8, 4) is 11.5 Å². The van der Waals surface area contributed by atoms with Crippen molar-refractivity contribution >= 4 is 6.16 Å². The van der Waals surface area contributed by atoms with Gasteiger partial charge in [0.2, 0.25) is 0 Å². The normalized spacial score (nSPS) is 11.8. The Morgan fingerprint density at radius 2 is 1.11 bits per heavy atom. The van der Waals surface area contributed by atoms with Crippen molar-refractivity contribution in [2.24, 2.45) is 0 Å². The van der Waals surface area contributed by atoms with E-state index in [1.165, 1.54) is 27.8 Å². The number of hydrogen-bond acceptors (Lipinski definition) is 3. The summed E-state index contributed by atoms with van der Waals surface area (Å²) in [6, 6.07) is 28.7. The number of aryl methyl sites for hydroxylation is 4. The van der Waals surface area contributed by atoms with Crippen molar-refractivity contribution in [2.45, 2.75) is 66.2 Å². The smallest absolute Gasteiger partial charge is 0.395 e. The molecule has 0 aliphatic carbocycles. The number of carbonyl (C=O) groups excluding carboxylic acids is 1. The van der Waals surface area contributed by atoms with Gasteiger partial charge < -0.3 is 9.47 Å². The van der Waals surface area contributed by atoms with E-state index < -0.39 is 6.16 Å². The molecule has 4 aromatic carbocycles. The lowest BCUT2D eigenvalue weighted by atomic mass is 9.77. The second-order valence-electron chi connectivity index (χ2n) is 11.4. The van der Waals surface area contributed by atoms with Crippen molar-refractivity contribution in [1.29, 1.82) is 0 Å². The molecule has 0 spiro atoms. The maximum atomic E-state index is 12.6. The number of hydrogen-bond donors (Lipinski definition) is 0. The van der Waals surface area contributed by atoms with Crippen LogP contribution >= 0.6 is 0 Å². The van der Waals surface area contributed by atoms with Crippen LogP contribution in [0.5, 0.6) is 11.5 Å². The summed E-state index contributed by atoms with van der Waals surface area (Å²) in [4.78, 5) is 12.6. The van der Waals surface area contributed by atoms with Crippen molar-refractivity contribution in [2.75, 3.05) is 0 Å². The van der Waals surface area contributed by atoms with Crippen LogP contribution in [0.2, 0.25) is 0 Å². The zero-order valence-corrected chi connectivity index (χ0v) is 23.8. The van der Waals surface area contributed by atoms with E-state index in [9.17, 15) is 4.79 Å². The average molecular weight is 507 g/mol. The first-order valence-electron chi connectivity index (χ1n) is 13.1. The number of rotatable bonds is 6. The van der Waals surface area contributed by atoms with Gasteiger partial charge in [0, 0.05) is 10.8 Å². The molecular formula is C35H38O3. The largest absolute Gasteiger partial charge is 0.519 e. The number of ether oxygens (including phenoxy) is 2. The van der Waals surface area contributed by atoms with Crippen molar-refractivity contribution in [1.82, 2.24) is 0 Å². The Labute approximate surface area is 227 Å². The molecule has 3 nitrogen and oxygen atoms in total. The Bertz CT molecular complexity index is 1460. The summed E-state index contributed by atoms with van der Waals surface area (Å²) in [5.41, 5.74) is 9.11. The predicted molar refractivity (Wildman–Crippen MR) is 156 cm³/mol. The average Bonchev–Trinajstić information content (AvgIpc) is 2.87. The second-order valence-corrected chi connectivity index (χ2v) is 11.4. The third-order valence-electron chi connectivity index (χ3n) is 7.84.